The molecule has 36 heavy (non-hydrogen) atoms. The molecule has 1 aliphatic rings. The van der Waals surface area contributed by atoms with Crippen molar-refractivity contribution >= 4 is 34.5 Å². The second kappa shape index (κ2) is 10.3. The molecule has 2 aromatic carbocycles. The fourth-order valence-corrected chi connectivity index (χ4v) is 4.89. The summed E-state index contributed by atoms with van der Waals surface area (Å²) in [5.41, 5.74) is 4.86. The Morgan fingerprint density at radius 1 is 1.08 bits per heavy atom. The van der Waals surface area contributed by atoms with E-state index in [2.05, 4.69) is 17.2 Å². The van der Waals surface area contributed by atoms with Gasteiger partial charge in [-0.2, -0.15) is 0 Å². The Balaban J connectivity index is 1.42. The first-order chi connectivity index (χ1) is 17.6. The van der Waals surface area contributed by atoms with Crippen LogP contribution in [0.3, 0.4) is 0 Å². The zero-order valence-electron chi connectivity index (χ0n) is 20.1. The van der Waals surface area contributed by atoms with Crippen molar-refractivity contribution in [3.05, 3.63) is 77.8 Å². The van der Waals surface area contributed by atoms with E-state index in [0.29, 0.717) is 23.5 Å². The van der Waals surface area contributed by atoms with Gasteiger partial charge in [0.15, 0.2) is 6.10 Å². The highest BCUT2D eigenvalue weighted by atomic mass is 32.1. The van der Waals surface area contributed by atoms with Crippen LogP contribution in [0.5, 0.6) is 5.75 Å². The first-order valence-electron chi connectivity index (χ1n) is 11.9. The number of thiazole rings is 1. The lowest BCUT2D eigenvalue weighted by molar-refractivity contribution is -0.128. The minimum atomic E-state index is -0.630. The number of amides is 2. The highest BCUT2D eigenvalue weighted by Crippen LogP contribution is 2.39. The zero-order valence-corrected chi connectivity index (χ0v) is 20.9. The Morgan fingerprint density at radius 3 is 2.64 bits per heavy atom. The van der Waals surface area contributed by atoms with Crippen LogP contribution in [0.4, 0.5) is 11.4 Å². The highest BCUT2D eigenvalue weighted by Gasteiger charge is 2.34. The van der Waals surface area contributed by atoms with Gasteiger partial charge in [0.05, 0.1) is 17.1 Å². The summed E-state index contributed by atoms with van der Waals surface area (Å²) in [6.45, 7) is 3.86. The van der Waals surface area contributed by atoms with Gasteiger partial charge in [0.2, 0.25) is 5.91 Å². The third kappa shape index (κ3) is 4.85. The zero-order chi connectivity index (χ0) is 25.1. The van der Waals surface area contributed by atoms with Crippen LogP contribution in [0, 0.1) is 0 Å². The molecule has 0 radical (unpaired) electrons. The van der Waals surface area contributed by atoms with Crippen LogP contribution in [0.15, 0.2) is 72.2 Å². The number of anilines is 2. The van der Waals surface area contributed by atoms with Crippen LogP contribution in [-0.2, 0) is 16.0 Å². The van der Waals surface area contributed by atoms with Gasteiger partial charge in [0, 0.05) is 22.8 Å². The van der Waals surface area contributed by atoms with Crippen LogP contribution in [0.1, 0.15) is 25.8 Å². The highest BCUT2D eigenvalue weighted by molar-refractivity contribution is 7.13. The average molecular weight is 499 g/mol. The molecule has 1 N–H and O–H groups in total. The smallest absolute Gasteiger partial charge is 0.268 e. The van der Waals surface area contributed by atoms with Crippen LogP contribution in [-0.4, -0.2) is 34.4 Å². The first kappa shape index (κ1) is 23.7. The first-order valence-corrected chi connectivity index (χ1v) is 12.8. The summed E-state index contributed by atoms with van der Waals surface area (Å²) >= 11 is 1.51. The molecular weight excluding hydrogens is 472 g/mol. The van der Waals surface area contributed by atoms with Crippen LogP contribution < -0.4 is 15.0 Å². The standard InChI is InChI=1S/C28H26N4O3S/c1-3-18-8-11-20(12-9-18)30-26(33)16-32-23-15-19(10-13-25(23)35-24(4-2)28(32)34)22-17-36-27(31-22)21-7-5-6-14-29-21/h5-15,17,24H,3-4,16H2,1-2H3,(H,30,33). The predicted molar refractivity (Wildman–Crippen MR) is 142 cm³/mol. The number of nitrogens with zero attached hydrogens (tertiary/aromatic N) is 3. The monoisotopic (exact) mass is 498 g/mol. The molecular formula is C28H26N4O3S. The van der Waals surface area contributed by atoms with Crippen molar-refractivity contribution in [2.24, 2.45) is 0 Å². The van der Waals surface area contributed by atoms with Crippen molar-refractivity contribution in [3.63, 3.8) is 0 Å². The van der Waals surface area contributed by atoms with Gasteiger partial charge in [0.25, 0.3) is 5.91 Å². The lowest BCUT2D eigenvalue weighted by Crippen LogP contribution is -2.48. The summed E-state index contributed by atoms with van der Waals surface area (Å²) < 4.78 is 5.96. The van der Waals surface area contributed by atoms with E-state index in [9.17, 15) is 9.59 Å². The number of fused-ring (bicyclic) bond motifs is 1. The summed E-state index contributed by atoms with van der Waals surface area (Å²) in [6, 6.07) is 19.1. The molecule has 7 nitrogen and oxygen atoms in total. The number of benzene rings is 2. The van der Waals surface area contributed by atoms with Gasteiger partial charge in [-0.3, -0.25) is 19.5 Å². The van der Waals surface area contributed by atoms with Crippen molar-refractivity contribution in [1.82, 2.24) is 9.97 Å². The van der Waals surface area contributed by atoms with E-state index in [-0.39, 0.29) is 18.4 Å². The fourth-order valence-electron chi connectivity index (χ4n) is 4.09. The number of nitrogens with one attached hydrogen (secondary N) is 1. The SMILES string of the molecule is CCc1ccc(NC(=O)CN2C(=O)C(CC)Oc3ccc(-c4csc(-c5ccccn5)n4)cc32)cc1. The summed E-state index contributed by atoms with van der Waals surface area (Å²) in [5.74, 6) is 0.0726. The number of hydrogen-bond donors (Lipinski definition) is 1. The van der Waals surface area contributed by atoms with Crippen molar-refractivity contribution in [1.29, 1.82) is 0 Å². The normalized spacial score (nSPS) is 14.8. The van der Waals surface area contributed by atoms with E-state index < -0.39 is 6.10 Å². The second-order valence-corrected chi connectivity index (χ2v) is 9.33. The minimum Gasteiger partial charge on any atom is -0.478 e. The van der Waals surface area contributed by atoms with Gasteiger partial charge in [0.1, 0.15) is 17.3 Å². The van der Waals surface area contributed by atoms with E-state index in [1.807, 2.05) is 73.0 Å². The third-order valence-corrected chi connectivity index (χ3v) is 6.93. The van der Waals surface area contributed by atoms with Gasteiger partial charge in [-0.25, -0.2) is 4.98 Å². The maximum atomic E-state index is 13.2. The number of carbonyl (C=O) groups excluding carboxylic acids is 2. The van der Waals surface area contributed by atoms with E-state index >= 15 is 0 Å². The summed E-state index contributed by atoms with van der Waals surface area (Å²) in [6.07, 6.45) is 2.55. The molecule has 1 aliphatic heterocycles. The number of hydrogen-bond acceptors (Lipinski definition) is 6. The number of rotatable bonds is 7. The molecule has 0 fully saturated rings. The Labute approximate surface area is 213 Å². The van der Waals surface area contributed by atoms with E-state index in [1.54, 1.807) is 6.20 Å². The van der Waals surface area contributed by atoms with Crippen molar-refractivity contribution in [2.45, 2.75) is 32.8 Å². The second-order valence-electron chi connectivity index (χ2n) is 8.47. The van der Waals surface area contributed by atoms with Gasteiger partial charge < -0.3 is 10.1 Å². The molecule has 2 aromatic heterocycles. The van der Waals surface area contributed by atoms with E-state index in [4.69, 9.17) is 9.72 Å². The number of ether oxygens (including phenoxy) is 1. The lowest BCUT2D eigenvalue weighted by Gasteiger charge is -2.34. The van der Waals surface area contributed by atoms with Gasteiger partial charge >= 0.3 is 0 Å². The third-order valence-electron chi connectivity index (χ3n) is 6.06. The predicted octanol–water partition coefficient (Wildman–Crippen LogP) is 5.58. The maximum absolute atomic E-state index is 13.2. The fraction of sp³-hybridized carbons (Fsp3) is 0.214. The summed E-state index contributed by atoms with van der Waals surface area (Å²) in [7, 11) is 0. The van der Waals surface area contributed by atoms with Crippen LogP contribution >= 0.6 is 11.3 Å². The van der Waals surface area contributed by atoms with Gasteiger partial charge in [-0.05, 0) is 60.9 Å². The van der Waals surface area contributed by atoms with E-state index in [1.165, 1.54) is 21.8 Å². The van der Waals surface area contributed by atoms with Crippen molar-refractivity contribution in [3.8, 4) is 27.7 Å². The molecule has 1 atom stereocenters. The van der Waals surface area contributed by atoms with Crippen LogP contribution in [0.25, 0.3) is 22.0 Å². The number of aryl methyl sites for hydroxylation is 1. The molecule has 5 rings (SSSR count). The van der Waals surface area contributed by atoms with Crippen molar-refractivity contribution < 1.29 is 14.3 Å². The van der Waals surface area contributed by atoms with Gasteiger partial charge in [-0.15, -0.1) is 11.3 Å². The number of carbonyl (C=O) groups is 2. The quantitative estimate of drug-likeness (QED) is 0.360. The lowest BCUT2D eigenvalue weighted by atomic mass is 10.1. The minimum absolute atomic E-state index is 0.110. The molecule has 0 saturated heterocycles. The Bertz CT molecular complexity index is 1390. The Hall–Kier alpha value is -4.04. The van der Waals surface area contributed by atoms with Crippen molar-refractivity contribution in [2.75, 3.05) is 16.8 Å². The Morgan fingerprint density at radius 2 is 1.92 bits per heavy atom. The maximum Gasteiger partial charge on any atom is 0.268 e. The van der Waals surface area contributed by atoms with Gasteiger partial charge in [-0.1, -0.05) is 32.0 Å². The molecule has 3 heterocycles. The molecule has 182 valence electrons. The average Bonchev–Trinajstić information content (AvgIpc) is 3.41. The molecule has 0 spiro atoms. The topological polar surface area (TPSA) is 84.4 Å². The molecule has 0 aliphatic carbocycles. The molecule has 4 aromatic rings. The summed E-state index contributed by atoms with van der Waals surface area (Å²) in [5, 5.41) is 5.67. The number of aromatic nitrogens is 2. The Kier molecular flexibility index (Phi) is 6.77. The largest absolute Gasteiger partial charge is 0.478 e. The molecule has 0 bridgehead atoms. The molecule has 2 amide bonds. The molecule has 1 unspecified atom stereocenters. The molecule has 8 heteroatoms. The van der Waals surface area contributed by atoms with Crippen LogP contribution in [0.2, 0.25) is 0 Å². The number of pyridine rings is 1. The summed E-state index contributed by atoms with van der Waals surface area (Å²) in [4.78, 5) is 36.8. The molecule has 0 saturated carbocycles. The van der Waals surface area contributed by atoms with E-state index in [0.717, 1.165) is 28.4 Å².